The Morgan fingerprint density at radius 1 is 1.33 bits per heavy atom. The molecule has 2 rings (SSSR count). The summed E-state index contributed by atoms with van der Waals surface area (Å²) in [5.41, 5.74) is 7.32. The number of nitrogen functional groups attached to an aromatic ring is 1. The summed E-state index contributed by atoms with van der Waals surface area (Å²) in [7, 11) is 0. The number of nitro benzene ring substituents is 1. The normalized spacial score (nSPS) is 16.8. The molecule has 1 aromatic rings. The van der Waals surface area contributed by atoms with Gasteiger partial charge in [-0.2, -0.15) is 0 Å². The van der Waals surface area contributed by atoms with Gasteiger partial charge in [0.1, 0.15) is 0 Å². The average Bonchev–Trinajstić information content (AvgIpc) is 2.38. The Kier molecular flexibility index (Phi) is 3.66. The summed E-state index contributed by atoms with van der Waals surface area (Å²) in [6, 6.07) is 4.69. The number of non-ortho nitro benzene ring substituents is 1. The maximum absolute atomic E-state index is 10.7. The van der Waals surface area contributed by atoms with E-state index in [2.05, 4.69) is 16.7 Å². The highest BCUT2D eigenvalue weighted by molar-refractivity contribution is 5.70. The van der Waals surface area contributed by atoms with Crippen molar-refractivity contribution < 1.29 is 4.92 Å². The monoisotopic (exact) mass is 250 g/mol. The van der Waals surface area contributed by atoms with Gasteiger partial charge in [0, 0.05) is 38.3 Å². The molecule has 0 aliphatic carbocycles. The Morgan fingerprint density at radius 2 is 2.00 bits per heavy atom. The van der Waals surface area contributed by atoms with Gasteiger partial charge in [-0.1, -0.05) is 6.92 Å². The van der Waals surface area contributed by atoms with Crippen LogP contribution in [0.5, 0.6) is 0 Å². The number of rotatable bonds is 3. The summed E-state index contributed by atoms with van der Waals surface area (Å²) in [5.74, 6) is 0. The van der Waals surface area contributed by atoms with E-state index in [0.717, 1.165) is 38.4 Å². The molecule has 0 saturated carbocycles. The minimum Gasteiger partial charge on any atom is -0.397 e. The van der Waals surface area contributed by atoms with Crippen molar-refractivity contribution in [2.24, 2.45) is 0 Å². The zero-order chi connectivity index (χ0) is 13.1. The van der Waals surface area contributed by atoms with Crippen molar-refractivity contribution in [3.05, 3.63) is 28.3 Å². The fraction of sp³-hybridized carbons (Fsp3) is 0.500. The lowest BCUT2D eigenvalue weighted by atomic mass is 10.2. The first-order valence-corrected chi connectivity index (χ1v) is 6.13. The Morgan fingerprint density at radius 3 is 2.50 bits per heavy atom. The van der Waals surface area contributed by atoms with Crippen LogP contribution in [0, 0.1) is 10.1 Å². The summed E-state index contributed by atoms with van der Waals surface area (Å²) in [6.45, 7) is 7.05. The minimum absolute atomic E-state index is 0.0449. The van der Waals surface area contributed by atoms with E-state index in [9.17, 15) is 10.1 Å². The third kappa shape index (κ3) is 2.53. The third-order valence-electron chi connectivity index (χ3n) is 3.38. The van der Waals surface area contributed by atoms with E-state index in [-0.39, 0.29) is 5.69 Å². The molecule has 0 amide bonds. The highest BCUT2D eigenvalue weighted by Gasteiger charge is 2.18. The van der Waals surface area contributed by atoms with Crippen LogP contribution in [0.1, 0.15) is 6.92 Å². The highest BCUT2D eigenvalue weighted by Crippen LogP contribution is 2.28. The van der Waals surface area contributed by atoms with Gasteiger partial charge in [-0.15, -0.1) is 0 Å². The summed E-state index contributed by atoms with van der Waals surface area (Å²) in [5, 5.41) is 10.7. The second-order valence-corrected chi connectivity index (χ2v) is 4.42. The second kappa shape index (κ2) is 5.22. The Balaban J connectivity index is 2.12. The van der Waals surface area contributed by atoms with Gasteiger partial charge in [0.15, 0.2) is 0 Å². The lowest BCUT2D eigenvalue weighted by Gasteiger charge is -2.35. The van der Waals surface area contributed by atoms with Crippen molar-refractivity contribution >= 4 is 17.1 Å². The zero-order valence-electron chi connectivity index (χ0n) is 10.5. The standard InChI is InChI=1S/C12H18N4O2/c1-2-14-5-7-15(8-6-14)12-4-3-10(16(17)18)9-11(12)13/h3-4,9H,2,5-8,13H2,1H3. The number of nitro groups is 1. The molecule has 0 spiro atoms. The van der Waals surface area contributed by atoms with Crippen LogP contribution in [0.3, 0.4) is 0 Å². The fourth-order valence-electron chi connectivity index (χ4n) is 2.25. The fourth-order valence-corrected chi connectivity index (χ4v) is 2.25. The molecule has 6 heteroatoms. The number of piperazine rings is 1. The molecule has 0 atom stereocenters. The largest absolute Gasteiger partial charge is 0.397 e. The molecule has 1 aromatic carbocycles. The molecule has 1 heterocycles. The number of benzene rings is 1. The molecule has 6 nitrogen and oxygen atoms in total. The Bertz CT molecular complexity index is 442. The van der Waals surface area contributed by atoms with Gasteiger partial charge in [0.25, 0.3) is 5.69 Å². The van der Waals surface area contributed by atoms with E-state index in [1.165, 1.54) is 12.1 Å². The predicted octanol–water partition coefficient (Wildman–Crippen LogP) is 1.32. The molecule has 1 aliphatic heterocycles. The molecule has 0 unspecified atom stereocenters. The van der Waals surface area contributed by atoms with E-state index in [4.69, 9.17) is 5.73 Å². The van der Waals surface area contributed by atoms with Crippen molar-refractivity contribution in [1.82, 2.24) is 4.90 Å². The highest BCUT2D eigenvalue weighted by atomic mass is 16.6. The number of likely N-dealkylation sites (N-methyl/N-ethyl adjacent to an activating group) is 1. The average molecular weight is 250 g/mol. The summed E-state index contributed by atoms with van der Waals surface area (Å²) in [6.07, 6.45) is 0. The van der Waals surface area contributed by atoms with Crippen molar-refractivity contribution in [3.8, 4) is 0 Å². The predicted molar refractivity (Wildman–Crippen MR) is 71.8 cm³/mol. The quantitative estimate of drug-likeness (QED) is 0.497. The van der Waals surface area contributed by atoms with E-state index < -0.39 is 4.92 Å². The van der Waals surface area contributed by atoms with Crippen LogP contribution in [0.25, 0.3) is 0 Å². The van der Waals surface area contributed by atoms with Gasteiger partial charge in [0.2, 0.25) is 0 Å². The second-order valence-electron chi connectivity index (χ2n) is 4.42. The van der Waals surface area contributed by atoms with Gasteiger partial charge in [-0.3, -0.25) is 10.1 Å². The molecular weight excluding hydrogens is 232 g/mol. The lowest BCUT2D eigenvalue weighted by molar-refractivity contribution is -0.384. The molecule has 0 bridgehead atoms. The van der Waals surface area contributed by atoms with Crippen molar-refractivity contribution in [3.63, 3.8) is 0 Å². The van der Waals surface area contributed by atoms with Gasteiger partial charge >= 0.3 is 0 Å². The molecule has 1 saturated heterocycles. The molecule has 1 fully saturated rings. The van der Waals surface area contributed by atoms with Crippen LogP contribution < -0.4 is 10.6 Å². The summed E-state index contributed by atoms with van der Waals surface area (Å²) < 4.78 is 0. The smallest absolute Gasteiger partial charge is 0.271 e. The van der Waals surface area contributed by atoms with Crippen molar-refractivity contribution in [2.75, 3.05) is 43.4 Å². The van der Waals surface area contributed by atoms with Crippen LogP contribution in [-0.2, 0) is 0 Å². The van der Waals surface area contributed by atoms with E-state index in [0.29, 0.717) is 5.69 Å². The lowest BCUT2D eigenvalue weighted by Crippen LogP contribution is -2.46. The molecular formula is C12H18N4O2. The third-order valence-corrected chi connectivity index (χ3v) is 3.38. The number of nitrogens with zero attached hydrogens (tertiary/aromatic N) is 3. The molecule has 98 valence electrons. The first-order chi connectivity index (χ1) is 8.61. The van der Waals surface area contributed by atoms with Crippen molar-refractivity contribution in [1.29, 1.82) is 0 Å². The van der Waals surface area contributed by atoms with E-state index >= 15 is 0 Å². The maximum Gasteiger partial charge on any atom is 0.271 e. The number of hydrogen-bond acceptors (Lipinski definition) is 5. The zero-order valence-corrected chi connectivity index (χ0v) is 10.5. The molecule has 18 heavy (non-hydrogen) atoms. The number of anilines is 2. The molecule has 0 radical (unpaired) electrons. The molecule has 2 N–H and O–H groups in total. The van der Waals surface area contributed by atoms with Gasteiger partial charge in [-0.05, 0) is 12.6 Å². The van der Waals surface area contributed by atoms with E-state index in [1.54, 1.807) is 6.07 Å². The summed E-state index contributed by atoms with van der Waals surface area (Å²) >= 11 is 0. The van der Waals surface area contributed by atoms with Crippen LogP contribution in [0.15, 0.2) is 18.2 Å². The van der Waals surface area contributed by atoms with Gasteiger partial charge < -0.3 is 15.5 Å². The van der Waals surface area contributed by atoms with Crippen molar-refractivity contribution in [2.45, 2.75) is 6.92 Å². The van der Waals surface area contributed by atoms with E-state index in [1.807, 2.05) is 0 Å². The van der Waals surface area contributed by atoms with Gasteiger partial charge in [-0.25, -0.2) is 0 Å². The first-order valence-electron chi connectivity index (χ1n) is 6.13. The first kappa shape index (κ1) is 12.6. The summed E-state index contributed by atoms with van der Waals surface area (Å²) in [4.78, 5) is 14.8. The minimum atomic E-state index is -0.421. The Hall–Kier alpha value is -1.82. The van der Waals surface area contributed by atoms with Gasteiger partial charge in [0.05, 0.1) is 16.3 Å². The van der Waals surface area contributed by atoms with Crippen LogP contribution in [0.2, 0.25) is 0 Å². The Labute approximate surface area is 106 Å². The molecule has 1 aliphatic rings. The van der Waals surface area contributed by atoms with Crippen LogP contribution in [0.4, 0.5) is 17.1 Å². The number of hydrogen-bond donors (Lipinski definition) is 1. The van der Waals surface area contributed by atoms with Crippen LogP contribution in [-0.4, -0.2) is 42.5 Å². The maximum atomic E-state index is 10.7. The SMILES string of the molecule is CCN1CCN(c2ccc([N+](=O)[O-])cc2N)CC1. The topological polar surface area (TPSA) is 75.6 Å². The molecule has 0 aromatic heterocycles. The van der Waals surface area contributed by atoms with Crippen LogP contribution >= 0.6 is 0 Å². The number of nitrogens with two attached hydrogens (primary N) is 1.